The first-order chi connectivity index (χ1) is 4.97. The maximum absolute atomic E-state index is 2.23. The summed E-state index contributed by atoms with van der Waals surface area (Å²) in [5, 5.41) is 2.07. The molecule has 0 amide bonds. The highest BCUT2D eigenvalue weighted by molar-refractivity contribution is 8.04. The lowest BCUT2D eigenvalue weighted by atomic mass is 10.4. The van der Waals surface area contributed by atoms with E-state index in [0.29, 0.717) is 0 Å². The topological polar surface area (TPSA) is 0 Å². The van der Waals surface area contributed by atoms with Gasteiger partial charge in [-0.2, -0.15) is 23.5 Å². The van der Waals surface area contributed by atoms with Gasteiger partial charge in [-0.05, 0) is 30.8 Å². The average Bonchev–Trinajstić information content (AvgIpc) is 2.28. The van der Waals surface area contributed by atoms with Gasteiger partial charge in [0.05, 0.1) is 0 Å². The third kappa shape index (κ3) is 1.48. The lowest BCUT2D eigenvalue weighted by Gasteiger charge is -2.13. The molecule has 2 heteroatoms. The van der Waals surface area contributed by atoms with Crippen LogP contribution in [-0.4, -0.2) is 22.0 Å². The molecule has 58 valence electrons. The fourth-order valence-corrected chi connectivity index (χ4v) is 5.05. The maximum Gasteiger partial charge on any atom is 0.0166 e. The fourth-order valence-electron chi connectivity index (χ4n) is 1.80. The third-order valence-electron chi connectivity index (χ3n) is 2.34. The fraction of sp³-hybridized carbons (Fsp3) is 1.00. The molecule has 0 nitrogen and oxygen atoms in total. The van der Waals surface area contributed by atoms with Crippen molar-refractivity contribution in [3.8, 4) is 0 Å². The van der Waals surface area contributed by atoms with Crippen LogP contribution in [0.2, 0.25) is 0 Å². The van der Waals surface area contributed by atoms with Crippen LogP contribution in [0.3, 0.4) is 0 Å². The molecule has 2 atom stereocenters. The van der Waals surface area contributed by atoms with Crippen molar-refractivity contribution < 1.29 is 0 Å². The molecule has 2 unspecified atom stereocenters. The number of thioether (sulfide) groups is 2. The largest absolute Gasteiger partial charge is 0.157 e. The van der Waals surface area contributed by atoms with Gasteiger partial charge >= 0.3 is 0 Å². The van der Waals surface area contributed by atoms with Crippen LogP contribution >= 0.6 is 23.5 Å². The zero-order valence-electron chi connectivity index (χ0n) is 6.21. The number of fused-ring (bicyclic) bond motifs is 1. The Morgan fingerprint density at radius 2 is 1.40 bits per heavy atom. The van der Waals surface area contributed by atoms with Crippen LogP contribution in [0, 0.1) is 0 Å². The summed E-state index contributed by atoms with van der Waals surface area (Å²) in [6.07, 6.45) is 5.95. The minimum absolute atomic E-state index is 1.03. The predicted octanol–water partition coefficient (Wildman–Crippen LogP) is 2.78. The van der Waals surface area contributed by atoms with Crippen LogP contribution in [0.5, 0.6) is 0 Å². The van der Waals surface area contributed by atoms with Gasteiger partial charge in [0, 0.05) is 10.5 Å². The minimum atomic E-state index is 1.03. The quantitative estimate of drug-likeness (QED) is 0.554. The molecular formula is C8H14S2. The standard InChI is InChI=1S/C8H14S2/c1-3-7-8(4-1)10-6-2-5-9-7/h7-8H,1-6H2. The Bertz CT molecular complexity index is 102. The van der Waals surface area contributed by atoms with Crippen LogP contribution in [-0.2, 0) is 0 Å². The Labute approximate surface area is 71.5 Å². The van der Waals surface area contributed by atoms with E-state index < -0.39 is 0 Å². The monoisotopic (exact) mass is 174 g/mol. The average molecular weight is 174 g/mol. The van der Waals surface area contributed by atoms with Crippen molar-refractivity contribution in [2.24, 2.45) is 0 Å². The van der Waals surface area contributed by atoms with Crippen LogP contribution in [0.1, 0.15) is 25.7 Å². The Balaban J connectivity index is 1.95. The lowest BCUT2D eigenvalue weighted by molar-refractivity contribution is 0.888. The summed E-state index contributed by atoms with van der Waals surface area (Å²) in [7, 11) is 0. The molecule has 2 aliphatic rings. The highest BCUT2D eigenvalue weighted by Crippen LogP contribution is 2.40. The summed E-state index contributed by atoms with van der Waals surface area (Å²) in [6.45, 7) is 0. The van der Waals surface area contributed by atoms with Gasteiger partial charge in [-0.3, -0.25) is 0 Å². The highest BCUT2D eigenvalue weighted by atomic mass is 32.2. The van der Waals surface area contributed by atoms with Crippen molar-refractivity contribution >= 4 is 23.5 Å². The Morgan fingerprint density at radius 1 is 0.800 bits per heavy atom. The van der Waals surface area contributed by atoms with Gasteiger partial charge in [0.15, 0.2) is 0 Å². The number of hydrogen-bond donors (Lipinski definition) is 0. The normalized spacial score (nSPS) is 40.8. The summed E-state index contributed by atoms with van der Waals surface area (Å²) in [5.74, 6) is 2.85. The summed E-state index contributed by atoms with van der Waals surface area (Å²) in [6, 6.07) is 0. The van der Waals surface area contributed by atoms with Crippen LogP contribution in [0.25, 0.3) is 0 Å². The third-order valence-corrected chi connectivity index (χ3v) is 5.55. The molecule has 2 rings (SSSR count). The molecule has 10 heavy (non-hydrogen) atoms. The van der Waals surface area contributed by atoms with Gasteiger partial charge in [0.1, 0.15) is 0 Å². The van der Waals surface area contributed by atoms with Gasteiger partial charge in [-0.15, -0.1) is 0 Å². The molecule has 1 saturated heterocycles. The molecule has 0 aromatic rings. The van der Waals surface area contributed by atoms with Crippen molar-refractivity contribution in [1.29, 1.82) is 0 Å². The first kappa shape index (κ1) is 7.35. The molecule has 0 radical (unpaired) electrons. The van der Waals surface area contributed by atoms with Gasteiger partial charge in [0.2, 0.25) is 0 Å². The van der Waals surface area contributed by atoms with Gasteiger partial charge in [0.25, 0.3) is 0 Å². The zero-order valence-corrected chi connectivity index (χ0v) is 7.85. The SMILES string of the molecule is C1CSC2CCCC2SC1. The van der Waals surface area contributed by atoms with E-state index in [0.717, 1.165) is 10.5 Å². The minimum Gasteiger partial charge on any atom is -0.157 e. The molecule has 0 bridgehead atoms. The van der Waals surface area contributed by atoms with E-state index in [4.69, 9.17) is 0 Å². The van der Waals surface area contributed by atoms with E-state index in [1.54, 1.807) is 0 Å². The first-order valence-corrected chi connectivity index (χ1v) is 6.30. The van der Waals surface area contributed by atoms with Crippen molar-refractivity contribution in [3.05, 3.63) is 0 Å². The molecule has 1 aliphatic heterocycles. The van der Waals surface area contributed by atoms with E-state index >= 15 is 0 Å². The van der Waals surface area contributed by atoms with Crippen molar-refractivity contribution in [2.75, 3.05) is 11.5 Å². The van der Waals surface area contributed by atoms with Crippen LogP contribution < -0.4 is 0 Å². The van der Waals surface area contributed by atoms with Crippen LogP contribution in [0.15, 0.2) is 0 Å². The van der Waals surface area contributed by atoms with Crippen LogP contribution in [0.4, 0.5) is 0 Å². The Hall–Kier alpha value is 0.700. The van der Waals surface area contributed by atoms with E-state index in [-0.39, 0.29) is 0 Å². The molecule has 2 fully saturated rings. The van der Waals surface area contributed by atoms with E-state index in [9.17, 15) is 0 Å². The van der Waals surface area contributed by atoms with E-state index in [1.165, 1.54) is 37.2 Å². The summed E-state index contributed by atoms with van der Waals surface area (Å²) < 4.78 is 0. The molecule has 1 aliphatic carbocycles. The van der Waals surface area contributed by atoms with Gasteiger partial charge in [-0.25, -0.2) is 0 Å². The Kier molecular flexibility index (Phi) is 2.50. The van der Waals surface area contributed by atoms with Gasteiger partial charge in [-0.1, -0.05) is 6.42 Å². The molecule has 0 aromatic heterocycles. The summed E-state index contributed by atoms with van der Waals surface area (Å²) in [4.78, 5) is 0. The Morgan fingerprint density at radius 3 is 2.00 bits per heavy atom. The van der Waals surface area contributed by atoms with Gasteiger partial charge < -0.3 is 0 Å². The second-order valence-corrected chi connectivity index (χ2v) is 5.80. The highest BCUT2D eigenvalue weighted by Gasteiger charge is 2.28. The van der Waals surface area contributed by atoms with E-state index in [1.807, 2.05) is 0 Å². The van der Waals surface area contributed by atoms with E-state index in [2.05, 4.69) is 23.5 Å². The maximum atomic E-state index is 2.23. The molecular weight excluding hydrogens is 160 g/mol. The zero-order chi connectivity index (χ0) is 6.81. The molecule has 1 heterocycles. The van der Waals surface area contributed by atoms with Crippen molar-refractivity contribution in [1.82, 2.24) is 0 Å². The lowest BCUT2D eigenvalue weighted by Crippen LogP contribution is -2.10. The van der Waals surface area contributed by atoms with Crippen molar-refractivity contribution in [2.45, 2.75) is 36.2 Å². The second-order valence-electron chi connectivity index (χ2n) is 3.10. The smallest absolute Gasteiger partial charge is 0.0166 e. The summed E-state index contributed by atoms with van der Waals surface area (Å²) >= 11 is 4.47. The second kappa shape index (κ2) is 3.40. The molecule has 0 spiro atoms. The van der Waals surface area contributed by atoms with Crippen molar-refractivity contribution in [3.63, 3.8) is 0 Å². The summed E-state index contributed by atoms with van der Waals surface area (Å²) in [5.41, 5.74) is 0. The first-order valence-electron chi connectivity index (χ1n) is 4.20. The number of hydrogen-bond acceptors (Lipinski definition) is 2. The predicted molar refractivity (Wildman–Crippen MR) is 51.0 cm³/mol. The number of rotatable bonds is 0. The molecule has 0 N–H and O–H groups in total. The molecule has 1 saturated carbocycles. The molecule has 0 aromatic carbocycles.